The maximum absolute atomic E-state index is 12.1. The highest BCUT2D eigenvalue weighted by Crippen LogP contribution is 2.12. The quantitative estimate of drug-likeness (QED) is 0.838. The first-order chi connectivity index (χ1) is 8.15. The molecule has 0 spiro atoms. The Hall–Kier alpha value is -0.870. The van der Waals surface area contributed by atoms with Crippen molar-refractivity contribution in [2.24, 2.45) is 0 Å². The van der Waals surface area contributed by atoms with Crippen LogP contribution in [0.1, 0.15) is 12.5 Å². The molecule has 0 N–H and O–H groups in total. The van der Waals surface area contributed by atoms with Crippen molar-refractivity contribution in [3.8, 4) is 0 Å². The maximum atomic E-state index is 12.1. The van der Waals surface area contributed by atoms with Gasteiger partial charge in [-0.15, -0.1) is 0 Å². The third-order valence-corrected chi connectivity index (χ3v) is 3.39. The summed E-state index contributed by atoms with van der Waals surface area (Å²) in [6.07, 6.45) is 0.623. The van der Waals surface area contributed by atoms with Crippen LogP contribution in [0.3, 0.4) is 0 Å². The molecule has 0 saturated carbocycles. The number of halogens is 1. The highest BCUT2D eigenvalue weighted by Gasteiger charge is 2.21. The molecule has 0 aromatic heterocycles. The summed E-state index contributed by atoms with van der Waals surface area (Å²) in [5, 5.41) is 0. The fraction of sp³-hybridized carbons (Fsp3) is 0.462. The minimum absolute atomic E-state index is 0.151. The molecule has 1 aromatic rings. The molecule has 2 rings (SSSR count). The third kappa shape index (κ3) is 3.54. The van der Waals surface area contributed by atoms with Crippen LogP contribution in [0.4, 0.5) is 0 Å². The van der Waals surface area contributed by atoms with Crippen LogP contribution in [0.5, 0.6) is 0 Å². The molecule has 1 amide bonds. The van der Waals surface area contributed by atoms with Gasteiger partial charge in [-0.1, -0.05) is 28.1 Å². The maximum Gasteiger partial charge on any atom is 0.227 e. The summed E-state index contributed by atoms with van der Waals surface area (Å²) in [6.45, 7) is 4.06. The summed E-state index contributed by atoms with van der Waals surface area (Å²) < 4.78 is 6.46. The summed E-state index contributed by atoms with van der Waals surface area (Å²) in [5.41, 5.74) is 1.05. The molecule has 1 fully saturated rings. The zero-order valence-corrected chi connectivity index (χ0v) is 11.4. The van der Waals surface area contributed by atoms with Gasteiger partial charge in [0, 0.05) is 17.6 Å². The number of rotatable bonds is 2. The van der Waals surface area contributed by atoms with E-state index in [-0.39, 0.29) is 12.0 Å². The molecule has 3 nitrogen and oxygen atoms in total. The first kappa shape index (κ1) is 12.6. The monoisotopic (exact) mass is 297 g/mol. The lowest BCUT2D eigenvalue weighted by atomic mass is 10.1. The van der Waals surface area contributed by atoms with Gasteiger partial charge in [0.25, 0.3) is 0 Å². The van der Waals surface area contributed by atoms with E-state index in [4.69, 9.17) is 4.74 Å². The molecule has 92 valence electrons. The van der Waals surface area contributed by atoms with Gasteiger partial charge < -0.3 is 9.64 Å². The molecule has 0 aliphatic carbocycles. The van der Waals surface area contributed by atoms with Crippen molar-refractivity contribution in [2.75, 3.05) is 19.7 Å². The molecule has 1 aromatic carbocycles. The van der Waals surface area contributed by atoms with Crippen molar-refractivity contribution >= 4 is 21.8 Å². The zero-order chi connectivity index (χ0) is 12.3. The Morgan fingerprint density at radius 3 is 2.82 bits per heavy atom. The van der Waals surface area contributed by atoms with E-state index in [9.17, 15) is 4.79 Å². The summed E-state index contributed by atoms with van der Waals surface area (Å²) >= 11 is 3.38. The Morgan fingerprint density at radius 2 is 2.18 bits per heavy atom. The molecule has 0 unspecified atom stereocenters. The molecule has 1 aliphatic rings. The number of ether oxygens (including phenoxy) is 1. The van der Waals surface area contributed by atoms with Crippen molar-refractivity contribution in [1.82, 2.24) is 4.90 Å². The molecule has 1 saturated heterocycles. The number of carbonyl (C=O) groups excluding carboxylic acids is 1. The van der Waals surface area contributed by atoms with Crippen LogP contribution < -0.4 is 0 Å². The molecule has 1 heterocycles. The van der Waals surface area contributed by atoms with E-state index in [1.165, 1.54) is 0 Å². The summed E-state index contributed by atoms with van der Waals surface area (Å²) in [7, 11) is 0. The van der Waals surface area contributed by atoms with Crippen molar-refractivity contribution in [3.05, 3.63) is 34.3 Å². The number of benzene rings is 1. The Bertz CT molecular complexity index is 391. The summed E-state index contributed by atoms with van der Waals surface area (Å²) in [5.74, 6) is 0.183. The van der Waals surface area contributed by atoms with Crippen LogP contribution in [-0.4, -0.2) is 36.6 Å². The van der Waals surface area contributed by atoms with Gasteiger partial charge in [-0.2, -0.15) is 0 Å². The molecular formula is C13H16BrNO2. The zero-order valence-electron chi connectivity index (χ0n) is 9.86. The highest BCUT2D eigenvalue weighted by atomic mass is 79.9. The fourth-order valence-corrected chi connectivity index (χ4v) is 2.20. The van der Waals surface area contributed by atoms with Crippen LogP contribution in [0, 0.1) is 0 Å². The van der Waals surface area contributed by atoms with Gasteiger partial charge in [-0.05, 0) is 24.6 Å². The van der Waals surface area contributed by atoms with Crippen LogP contribution in [0.2, 0.25) is 0 Å². The predicted molar refractivity (Wildman–Crippen MR) is 69.8 cm³/mol. The van der Waals surface area contributed by atoms with E-state index in [0.29, 0.717) is 26.1 Å². The first-order valence-electron chi connectivity index (χ1n) is 5.79. The second-order valence-electron chi connectivity index (χ2n) is 4.32. The van der Waals surface area contributed by atoms with Gasteiger partial charge in [0.1, 0.15) is 0 Å². The molecule has 0 radical (unpaired) electrons. The number of amides is 1. The van der Waals surface area contributed by atoms with Gasteiger partial charge >= 0.3 is 0 Å². The lowest BCUT2D eigenvalue weighted by Gasteiger charge is -2.31. The Kier molecular flexibility index (Phi) is 4.18. The number of carbonyl (C=O) groups is 1. The fourth-order valence-electron chi connectivity index (χ4n) is 1.93. The lowest BCUT2D eigenvalue weighted by molar-refractivity contribution is -0.137. The van der Waals surface area contributed by atoms with Crippen molar-refractivity contribution < 1.29 is 9.53 Å². The predicted octanol–water partition coefficient (Wildman–Crippen LogP) is 2.24. The van der Waals surface area contributed by atoms with Gasteiger partial charge in [-0.3, -0.25) is 4.79 Å². The number of nitrogens with zero attached hydrogens (tertiary/aromatic N) is 1. The average Bonchev–Trinajstić information content (AvgIpc) is 2.32. The largest absolute Gasteiger partial charge is 0.375 e. The minimum Gasteiger partial charge on any atom is -0.375 e. The van der Waals surface area contributed by atoms with Crippen LogP contribution in [-0.2, 0) is 16.0 Å². The lowest BCUT2D eigenvalue weighted by Crippen LogP contribution is -2.45. The standard InChI is InChI=1S/C13H16BrNO2/c1-10-9-15(6-7-17-10)13(16)8-11-2-4-12(14)5-3-11/h2-5,10H,6-9H2,1H3/t10-/m1/s1. The van der Waals surface area contributed by atoms with E-state index in [1.807, 2.05) is 36.1 Å². The van der Waals surface area contributed by atoms with Gasteiger partial charge in [-0.25, -0.2) is 0 Å². The van der Waals surface area contributed by atoms with E-state index in [2.05, 4.69) is 15.9 Å². The van der Waals surface area contributed by atoms with E-state index in [1.54, 1.807) is 0 Å². The van der Waals surface area contributed by atoms with Crippen molar-refractivity contribution in [2.45, 2.75) is 19.4 Å². The van der Waals surface area contributed by atoms with Crippen LogP contribution in [0.15, 0.2) is 28.7 Å². The highest BCUT2D eigenvalue weighted by molar-refractivity contribution is 9.10. The number of hydrogen-bond donors (Lipinski definition) is 0. The smallest absolute Gasteiger partial charge is 0.227 e. The topological polar surface area (TPSA) is 29.5 Å². The molecule has 4 heteroatoms. The van der Waals surface area contributed by atoms with E-state index in [0.717, 1.165) is 10.0 Å². The number of morpholine rings is 1. The van der Waals surface area contributed by atoms with E-state index >= 15 is 0 Å². The van der Waals surface area contributed by atoms with E-state index < -0.39 is 0 Å². The SMILES string of the molecule is C[C@@H]1CN(C(=O)Cc2ccc(Br)cc2)CCO1. The summed E-state index contributed by atoms with van der Waals surface area (Å²) in [6, 6.07) is 7.88. The second-order valence-corrected chi connectivity index (χ2v) is 5.24. The Labute approximate surface area is 110 Å². The number of hydrogen-bond acceptors (Lipinski definition) is 2. The minimum atomic E-state index is 0.151. The van der Waals surface area contributed by atoms with Gasteiger partial charge in [0.2, 0.25) is 5.91 Å². The van der Waals surface area contributed by atoms with Crippen molar-refractivity contribution in [1.29, 1.82) is 0 Å². The van der Waals surface area contributed by atoms with Crippen molar-refractivity contribution in [3.63, 3.8) is 0 Å². The molecule has 1 atom stereocenters. The first-order valence-corrected chi connectivity index (χ1v) is 6.58. The van der Waals surface area contributed by atoms with Crippen LogP contribution >= 0.6 is 15.9 Å². The molecule has 17 heavy (non-hydrogen) atoms. The molecule has 1 aliphatic heterocycles. The van der Waals surface area contributed by atoms with Crippen LogP contribution in [0.25, 0.3) is 0 Å². The normalized spacial score (nSPS) is 20.4. The molecular weight excluding hydrogens is 282 g/mol. The third-order valence-electron chi connectivity index (χ3n) is 2.86. The Balaban J connectivity index is 1.94. The summed E-state index contributed by atoms with van der Waals surface area (Å²) in [4.78, 5) is 13.9. The average molecular weight is 298 g/mol. The van der Waals surface area contributed by atoms with Gasteiger partial charge in [0.05, 0.1) is 19.1 Å². The Morgan fingerprint density at radius 1 is 1.47 bits per heavy atom. The van der Waals surface area contributed by atoms with Gasteiger partial charge in [0.15, 0.2) is 0 Å². The second kappa shape index (κ2) is 5.65. The molecule has 0 bridgehead atoms.